The Labute approximate surface area is 95.3 Å². The predicted molar refractivity (Wildman–Crippen MR) is 64.5 cm³/mol. The molecule has 1 fully saturated rings. The van der Waals surface area contributed by atoms with E-state index in [4.69, 9.17) is 10.8 Å². The molecule has 1 unspecified atom stereocenters. The number of hydrogen-bond donors (Lipinski definition) is 3. The van der Waals surface area contributed by atoms with Crippen molar-refractivity contribution in [1.29, 1.82) is 0 Å². The predicted octanol–water partition coefficient (Wildman–Crippen LogP) is -0.257. The fourth-order valence-electron chi connectivity index (χ4n) is 2.07. The molecular formula is C11H18N4O. The summed E-state index contributed by atoms with van der Waals surface area (Å²) in [5, 5.41) is 12.4. The van der Waals surface area contributed by atoms with Gasteiger partial charge in [-0.1, -0.05) is 0 Å². The first-order valence-electron chi connectivity index (χ1n) is 5.52. The molecule has 0 radical (unpaired) electrons. The number of pyridine rings is 1. The first-order chi connectivity index (χ1) is 7.70. The lowest BCUT2D eigenvalue weighted by Crippen LogP contribution is -2.52. The number of aliphatic hydroxyl groups is 1. The minimum absolute atomic E-state index is 0.144. The zero-order chi connectivity index (χ0) is 11.5. The van der Waals surface area contributed by atoms with Gasteiger partial charge in [0.25, 0.3) is 0 Å². The van der Waals surface area contributed by atoms with Crippen LogP contribution >= 0.6 is 0 Å². The van der Waals surface area contributed by atoms with E-state index in [9.17, 15) is 0 Å². The van der Waals surface area contributed by atoms with E-state index < -0.39 is 0 Å². The average molecular weight is 222 g/mol. The molecule has 0 spiro atoms. The summed E-state index contributed by atoms with van der Waals surface area (Å²) >= 11 is 0. The summed E-state index contributed by atoms with van der Waals surface area (Å²) in [7, 11) is 0. The second-order valence-electron chi connectivity index (χ2n) is 4.18. The maximum atomic E-state index is 9.14. The highest BCUT2D eigenvalue weighted by molar-refractivity contribution is 5.55. The number of piperazine rings is 1. The monoisotopic (exact) mass is 222 g/mol. The van der Waals surface area contributed by atoms with Gasteiger partial charge in [-0.3, -0.25) is 0 Å². The van der Waals surface area contributed by atoms with Crippen LogP contribution in [0.1, 0.15) is 5.56 Å². The van der Waals surface area contributed by atoms with Gasteiger partial charge in [-0.05, 0) is 18.6 Å². The van der Waals surface area contributed by atoms with E-state index in [1.165, 1.54) is 0 Å². The molecule has 88 valence electrons. The van der Waals surface area contributed by atoms with Gasteiger partial charge in [-0.15, -0.1) is 0 Å². The smallest absolute Gasteiger partial charge is 0.123 e. The van der Waals surface area contributed by atoms with E-state index >= 15 is 0 Å². The number of aryl methyl sites for hydroxylation is 1. The van der Waals surface area contributed by atoms with Crippen LogP contribution in [0.25, 0.3) is 0 Å². The normalized spacial score (nSPS) is 21.1. The Kier molecular flexibility index (Phi) is 3.26. The number of aliphatic hydroxyl groups excluding tert-OH is 1. The Morgan fingerprint density at radius 3 is 3.19 bits per heavy atom. The molecule has 2 heterocycles. The van der Waals surface area contributed by atoms with Crippen molar-refractivity contribution in [3.8, 4) is 0 Å². The average Bonchev–Trinajstić information content (AvgIpc) is 2.29. The lowest BCUT2D eigenvalue weighted by Gasteiger charge is -2.35. The summed E-state index contributed by atoms with van der Waals surface area (Å²) in [6, 6.07) is 2.02. The number of nitrogens with two attached hydrogens (primary N) is 1. The van der Waals surface area contributed by atoms with Crippen LogP contribution in [0, 0.1) is 6.92 Å². The summed E-state index contributed by atoms with van der Waals surface area (Å²) in [4.78, 5) is 6.35. The van der Waals surface area contributed by atoms with Crippen molar-refractivity contribution in [3.63, 3.8) is 0 Å². The maximum Gasteiger partial charge on any atom is 0.123 e. The molecule has 1 atom stereocenters. The third kappa shape index (κ3) is 2.25. The van der Waals surface area contributed by atoms with Crippen molar-refractivity contribution in [3.05, 3.63) is 17.8 Å². The van der Waals surface area contributed by atoms with Gasteiger partial charge in [0.05, 0.1) is 18.5 Å². The van der Waals surface area contributed by atoms with Gasteiger partial charge < -0.3 is 21.1 Å². The van der Waals surface area contributed by atoms with Crippen molar-refractivity contribution in [2.24, 2.45) is 0 Å². The number of nitrogens with zero attached hydrogens (tertiary/aromatic N) is 2. The Morgan fingerprint density at radius 1 is 1.69 bits per heavy atom. The van der Waals surface area contributed by atoms with E-state index in [1.54, 1.807) is 0 Å². The van der Waals surface area contributed by atoms with Crippen molar-refractivity contribution in [2.45, 2.75) is 13.0 Å². The lowest BCUT2D eigenvalue weighted by atomic mass is 10.1. The van der Waals surface area contributed by atoms with E-state index in [1.807, 2.05) is 19.2 Å². The zero-order valence-electron chi connectivity index (χ0n) is 9.48. The number of anilines is 2. The molecule has 1 aromatic heterocycles. The molecule has 0 saturated carbocycles. The standard InChI is InChI=1S/C11H18N4O/c1-8-4-11(12)14-5-10(8)15-3-2-13-9(6-15)7-16/h4-5,9,13,16H,2-3,6-7H2,1H3,(H2,12,14). The molecule has 5 heteroatoms. The number of aromatic nitrogens is 1. The fourth-order valence-corrected chi connectivity index (χ4v) is 2.07. The van der Waals surface area contributed by atoms with Crippen LogP contribution in [0.4, 0.5) is 11.5 Å². The second-order valence-corrected chi connectivity index (χ2v) is 4.18. The molecule has 1 saturated heterocycles. The van der Waals surface area contributed by atoms with Crippen LogP contribution in [-0.2, 0) is 0 Å². The fraction of sp³-hybridized carbons (Fsp3) is 0.545. The zero-order valence-corrected chi connectivity index (χ0v) is 9.48. The van der Waals surface area contributed by atoms with E-state index in [0.717, 1.165) is 30.9 Å². The molecule has 4 N–H and O–H groups in total. The Morgan fingerprint density at radius 2 is 2.50 bits per heavy atom. The molecule has 5 nitrogen and oxygen atoms in total. The van der Waals surface area contributed by atoms with Gasteiger partial charge in [0.1, 0.15) is 5.82 Å². The highest BCUT2D eigenvalue weighted by Gasteiger charge is 2.19. The molecular weight excluding hydrogens is 204 g/mol. The van der Waals surface area contributed by atoms with Crippen LogP contribution in [-0.4, -0.2) is 42.4 Å². The first kappa shape index (κ1) is 11.2. The molecule has 0 aromatic carbocycles. The van der Waals surface area contributed by atoms with E-state index in [-0.39, 0.29) is 12.6 Å². The third-order valence-electron chi connectivity index (χ3n) is 2.92. The number of hydrogen-bond acceptors (Lipinski definition) is 5. The highest BCUT2D eigenvalue weighted by atomic mass is 16.3. The van der Waals surface area contributed by atoms with Crippen molar-refractivity contribution in [2.75, 3.05) is 36.9 Å². The van der Waals surface area contributed by atoms with Crippen LogP contribution < -0.4 is 16.0 Å². The molecule has 1 aliphatic rings. The van der Waals surface area contributed by atoms with Crippen molar-refractivity contribution < 1.29 is 5.11 Å². The summed E-state index contributed by atoms with van der Waals surface area (Å²) in [6.07, 6.45) is 1.81. The van der Waals surface area contributed by atoms with Crippen LogP contribution in [0.3, 0.4) is 0 Å². The van der Waals surface area contributed by atoms with Gasteiger partial charge in [-0.25, -0.2) is 4.98 Å². The molecule has 1 aromatic rings. The van der Waals surface area contributed by atoms with Gasteiger partial charge in [-0.2, -0.15) is 0 Å². The second kappa shape index (κ2) is 4.67. The Hall–Kier alpha value is -1.33. The topological polar surface area (TPSA) is 74.4 Å². The van der Waals surface area contributed by atoms with Crippen LogP contribution in [0.15, 0.2) is 12.3 Å². The molecule has 16 heavy (non-hydrogen) atoms. The summed E-state index contributed by atoms with van der Waals surface area (Å²) in [5.41, 5.74) is 7.86. The molecule has 0 aliphatic carbocycles. The molecule has 1 aliphatic heterocycles. The van der Waals surface area contributed by atoms with Crippen molar-refractivity contribution >= 4 is 11.5 Å². The third-order valence-corrected chi connectivity index (χ3v) is 2.92. The molecule has 0 amide bonds. The number of rotatable bonds is 2. The quantitative estimate of drug-likeness (QED) is 0.643. The van der Waals surface area contributed by atoms with E-state index in [0.29, 0.717) is 5.82 Å². The van der Waals surface area contributed by atoms with Gasteiger partial charge in [0.15, 0.2) is 0 Å². The highest BCUT2D eigenvalue weighted by Crippen LogP contribution is 2.21. The lowest BCUT2D eigenvalue weighted by molar-refractivity contribution is 0.235. The van der Waals surface area contributed by atoms with Gasteiger partial charge >= 0.3 is 0 Å². The molecule has 2 rings (SSSR count). The number of nitrogen functional groups attached to an aromatic ring is 1. The van der Waals surface area contributed by atoms with Gasteiger partial charge in [0.2, 0.25) is 0 Å². The maximum absolute atomic E-state index is 9.14. The SMILES string of the molecule is Cc1cc(N)ncc1N1CCNC(CO)C1. The van der Waals surface area contributed by atoms with Crippen LogP contribution in [0.2, 0.25) is 0 Å². The molecule has 0 bridgehead atoms. The summed E-state index contributed by atoms with van der Waals surface area (Å²) in [6.45, 7) is 4.82. The van der Waals surface area contributed by atoms with Crippen LogP contribution in [0.5, 0.6) is 0 Å². The number of nitrogens with one attached hydrogen (secondary N) is 1. The first-order valence-corrected chi connectivity index (χ1v) is 5.52. The summed E-state index contributed by atoms with van der Waals surface area (Å²) < 4.78 is 0. The Balaban J connectivity index is 2.16. The minimum Gasteiger partial charge on any atom is -0.395 e. The summed E-state index contributed by atoms with van der Waals surface area (Å²) in [5.74, 6) is 0.551. The minimum atomic E-state index is 0.144. The Bertz CT molecular complexity index is 369. The van der Waals surface area contributed by atoms with E-state index in [2.05, 4.69) is 15.2 Å². The van der Waals surface area contributed by atoms with Crippen molar-refractivity contribution in [1.82, 2.24) is 10.3 Å². The van der Waals surface area contributed by atoms with Gasteiger partial charge in [0, 0.05) is 25.7 Å². The largest absolute Gasteiger partial charge is 0.395 e.